The zero-order chi connectivity index (χ0) is 16.2. The molecule has 3 N–H and O–H groups in total. The number of anilines is 1. The Hall–Kier alpha value is -3.15. The van der Waals surface area contributed by atoms with Crippen molar-refractivity contribution in [3.63, 3.8) is 0 Å². The van der Waals surface area contributed by atoms with Crippen molar-refractivity contribution in [1.82, 2.24) is 15.2 Å². The van der Waals surface area contributed by atoms with Crippen LogP contribution >= 0.6 is 0 Å². The van der Waals surface area contributed by atoms with Gasteiger partial charge in [0.25, 0.3) is 0 Å². The van der Waals surface area contributed by atoms with Crippen LogP contribution in [-0.4, -0.2) is 20.3 Å². The summed E-state index contributed by atoms with van der Waals surface area (Å²) in [5, 5.41) is 17.9. The Morgan fingerprint density at radius 3 is 2.70 bits per heavy atom. The molecule has 6 nitrogen and oxygen atoms in total. The van der Waals surface area contributed by atoms with E-state index in [4.69, 9.17) is 10.5 Å². The van der Waals surface area contributed by atoms with Crippen LogP contribution in [0.25, 0.3) is 11.3 Å². The lowest BCUT2D eigenvalue weighted by atomic mass is 10.1. The van der Waals surface area contributed by atoms with Gasteiger partial charge >= 0.3 is 0 Å². The molecule has 0 spiro atoms. The van der Waals surface area contributed by atoms with Crippen LogP contribution in [-0.2, 0) is 0 Å². The van der Waals surface area contributed by atoms with Crippen LogP contribution in [0, 0.1) is 0 Å². The molecule has 0 unspecified atom stereocenters. The van der Waals surface area contributed by atoms with E-state index in [2.05, 4.69) is 15.2 Å². The van der Waals surface area contributed by atoms with Gasteiger partial charge in [-0.3, -0.25) is 4.98 Å². The smallest absolute Gasteiger partial charge is 0.188 e. The lowest BCUT2D eigenvalue weighted by Crippen LogP contribution is -2.07. The molecule has 0 aliphatic rings. The number of ether oxygens (including phenoxy) is 1. The summed E-state index contributed by atoms with van der Waals surface area (Å²) in [5.41, 5.74) is 7.84. The molecule has 0 bridgehead atoms. The summed E-state index contributed by atoms with van der Waals surface area (Å²) in [7, 11) is 0. The number of nitrogens with two attached hydrogens (primary N) is 1. The fourth-order valence-corrected chi connectivity index (χ4v) is 2.18. The highest BCUT2D eigenvalue weighted by Crippen LogP contribution is 2.32. The first-order valence-corrected chi connectivity index (χ1v) is 7.13. The van der Waals surface area contributed by atoms with Crippen LogP contribution < -0.4 is 10.5 Å². The number of phenols is 1. The topological polar surface area (TPSA) is 94.2 Å². The summed E-state index contributed by atoms with van der Waals surface area (Å²) >= 11 is 0. The predicted octanol–water partition coefficient (Wildman–Crippen LogP) is 2.97. The SMILES string of the molecule is C[C@@H](Oc1cc(-c2ccccc2O)nnc1N)c1cccnc1. The van der Waals surface area contributed by atoms with E-state index in [1.807, 2.05) is 25.1 Å². The molecule has 1 atom stereocenters. The number of benzene rings is 1. The quantitative estimate of drug-likeness (QED) is 0.769. The minimum Gasteiger partial charge on any atom is -0.507 e. The van der Waals surface area contributed by atoms with Crippen molar-refractivity contribution in [3.8, 4) is 22.8 Å². The maximum Gasteiger partial charge on any atom is 0.188 e. The number of nitrogen functional groups attached to an aromatic ring is 1. The molecule has 0 amide bonds. The second-order valence-corrected chi connectivity index (χ2v) is 5.04. The van der Waals surface area contributed by atoms with E-state index < -0.39 is 0 Å². The fourth-order valence-electron chi connectivity index (χ4n) is 2.18. The van der Waals surface area contributed by atoms with Gasteiger partial charge in [-0.25, -0.2) is 0 Å². The lowest BCUT2D eigenvalue weighted by Gasteiger charge is -2.16. The average molecular weight is 308 g/mol. The van der Waals surface area contributed by atoms with Crippen LogP contribution in [0.15, 0.2) is 54.9 Å². The predicted molar refractivity (Wildman–Crippen MR) is 86.8 cm³/mol. The molecule has 0 radical (unpaired) electrons. The minimum absolute atomic E-state index is 0.123. The molecular weight excluding hydrogens is 292 g/mol. The summed E-state index contributed by atoms with van der Waals surface area (Å²) in [4.78, 5) is 4.07. The molecule has 0 fully saturated rings. The molecule has 3 aromatic rings. The van der Waals surface area contributed by atoms with Gasteiger partial charge in [0.2, 0.25) is 0 Å². The third-order valence-corrected chi connectivity index (χ3v) is 3.42. The molecule has 6 heteroatoms. The Labute approximate surface area is 133 Å². The van der Waals surface area contributed by atoms with Gasteiger partial charge in [0, 0.05) is 29.6 Å². The molecule has 0 aliphatic heterocycles. The van der Waals surface area contributed by atoms with Gasteiger partial charge < -0.3 is 15.6 Å². The van der Waals surface area contributed by atoms with E-state index in [1.165, 1.54) is 0 Å². The summed E-state index contributed by atoms with van der Waals surface area (Å²) in [6.07, 6.45) is 3.20. The Kier molecular flexibility index (Phi) is 4.05. The zero-order valence-electron chi connectivity index (χ0n) is 12.5. The summed E-state index contributed by atoms with van der Waals surface area (Å²) in [5.74, 6) is 0.729. The Morgan fingerprint density at radius 2 is 1.96 bits per heavy atom. The van der Waals surface area contributed by atoms with Crippen LogP contribution in [0.5, 0.6) is 11.5 Å². The van der Waals surface area contributed by atoms with Crippen LogP contribution in [0.1, 0.15) is 18.6 Å². The van der Waals surface area contributed by atoms with E-state index >= 15 is 0 Å². The number of nitrogens with zero attached hydrogens (tertiary/aromatic N) is 3. The number of para-hydroxylation sites is 1. The van der Waals surface area contributed by atoms with Crippen molar-refractivity contribution >= 4 is 5.82 Å². The second-order valence-electron chi connectivity index (χ2n) is 5.04. The number of pyridine rings is 1. The molecular formula is C17H16N4O2. The molecule has 2 heterocycles. The highest BCUT2D eigenvalue weighted by Gasteiger charge is 2.14. The van der Waals surface area contributed by atoms with Crippen LogP contribution in [0.2, 0.25) is 0 Å². The Bertz CT molecular complexity index is 809. The average Bonchev–Trinajstić information content (AvgIpc) is 2.58. The lowest BCUT2D eigenvalue weighted by molar-refractivity contribution is 0.227. The van der Waals surface area contributed by atoms with Gasteiger partial charge in [0.15, 0.2) is 11.6 Å². The molecule has 0 saturated carbocycles. The maximum atomic E-state index is 9.94. The summed E-state index contributed by atoms with van der Waals surface area (Å²) in [6.45, 7) is 1.90. The minimum atomic E-state index is -0.243. The van der Waals surface area contributed by atoms with E-state index in [0.717, 1.165) is 5.56 Å². The number of aromatic hydroxyl groups is 1. The van der Waals surface area contributed by atoms with Crippen molar-refractivity contribution < 1.29 is 9.84 Å². The molecule has 1 aromatic carbocycles. The van der Waals surface area contributed by atoms with Gasteiger partial charge in [0.05, 0.1) is 0 Å². The second kappa shape index (κ2) is 6.31. The molecule has 116 valence electrons. The first-order chi connectivity index (χ1) is 11.1. The van der Waals surface area contributed by atoms with Crippen LogP contribution in [0.4, 0.5) is 5.82 Å². The highest BCUT2D eigenvalue weighted by molar-refractivity contribution is 5.68. The van der Waals surface area contributed by atoms with Gasteiger partial charge in [-0.05, 0) is 25.1 Å². The van der Waals surface area contributed by atoms with Crippen LogP contribution in [0.3, 0.4) is 0 Å². The standard InChI is InChI=1S/C17H16N4O2/c1-11(12-5-4-8-19-10-12)23-16-9-14(20-21-17(16)18)13-6-2-3-7-15(13)22/h2-11,22H,1H3,(H2,18,21)/t11-/m1/s1. The molecule has 0 saturated heterocycles. The van der Waals surface area contributed by atoms with E-state index in [9.17, 15) is 5.11 Å². The monoisotopic (exact) mass is 308 g/mol. The Morgan fingerprint density at radius 1 is 1.13 bits per heavy atom. The number of hydrogen-bond acceptors (Lipinski definition) is 6. The van der Waals surface area contributed by atoms with E-state index in [-0.39, 0.29) is 17.7 Å². The number of hydrogen-bond donors (Lipinski definition) is 2. The van der Waals surface area contributed by atoms with Crippen molar-refractivity contribution in [3.05, 3.63) is 60.4 Å². The largest absolute Gasteiger partial charge is 0.507 e. The zero-order valence-corrected chi connectivity index (χ0v) is 12.5. The molecule has 2 aromatic heterocycles. The van der Waals surface area contributed by atoms with Crippen molar-refractivity contribution in [2.24, 2.45) is 0 Å². The first-order valence-electron chi connectivity index (χ1n) is 7.13. The van der Waals surface area contributed by atoms with E-state index in [0.29, 0.717) is 17.0 Å². The summed E-state index contributed by atoms with van der Waals surface area (Å²) in [6, 6.07) is 12.3. The van der Waals surface area contributed by atoms with Gasteiger partial charge in [-0.1, -0.05) is 18.2 Å². The van der Waals surface area contributed by atoms with Crippen molar-refractivity contribution in [1.29, 1.82) is 0 Å². The summed E-state index contributed by atoms with van der Waals surface area (Å²) < 4.78 is 5.88. The number of phenolic OH excluding ortho intramolecular Hbond substituents is 1. The number of aromatic nitrogens is 3. The third kappa shape index (κ3) is 3.21. The highest BCUT2D eigenvalue weighted by atomic mass is 16.5. The van der Waals surface area contributed by atoms with Crippen molar-refractivity contribution in [2.45, 2.75) is 13.0 Å². The molecule has 0 aliphatic carbocycles. The normalized spacial score (nSPS) is 11.9. The Balaban J connectivity index is 1.91. The van der Waals surface area contributed by atoms with Gasteiger partial charge in [-0.15, -0.1) is 10.2 Å². The molecule has 3 rings (SSSR count). The van der Waals surface area contributed by atoms with E-state index in [1.54, 1.807) is 36.7 Å². The molecule has 23 heavy (non-hydrogen) atoms. The maximum absolute atomic E-state index is 9.94. The van der Waals surface area contributed by atoms with Crippen molar-refractivity contribution in [2.75, 3.05) is 5.73 Å². The third-order valence-electron chi connectivity index (χ3n) is 3.42. The fraction of sp³-hybridized carbons (Fsp3) is 0.118. The van der Waals surface area contributed by atoms with Gasteiger partial charge in [0.1, 0.15) is 17.5 Å². The first kappa shape index (κ1) is 14.8. The number of rotatable bonds is 4. The van der Waals surface area contributed by atoms with Gasteiger partial charge in [-0.2, -0.15) is 0 Å².